The predicted octanol–water partition coefficient (Wildman–Crippen LogP) is 3.19. The zero-order valence-corrected chi connectivity index (χ0v) is 12.7. The maximum atomic E-state index is 11.0. The second kappa shape index (κ2) is 5.90. The van der Waals surface area contributed by atoms with Gasteiger partial charge in [0.15, 0.2) is 0 Å². The lowest BCUT2D eigenvalue weighted by Crippen LogP contribution is -2.48. The number of benzene rings is 1. The van der Waals surface area contributed by atoms with E-state index in [2.05, 4.69) is 6.08 Å². The Morgan fingerprint density at radius 2 is 2.19 bits per heavy atom. The molecule has 1 heterocycles. The SMILES string of the molecule is CC(C)=CCC[C@]1(C)Oc2ccc(C(=O)O)cc2C[C@@H]1O. The van der Waals surface area contributed by atoms with Crippen molar-refractivity contribution in [3.63, 3.8) is 0 Å². The van der Waals surface area contributed by atoms with Crippen molar-refractivity contribution in [2.75, 3.05) is 0 Å². The van der Waals surface area contributed by atoms with Crippen molar-refractivity contribution in [3.8, 4) is 5.75 Å². The molecule has 1 aliphatic heterocycles. The summed E-state index contributed by atoms with van der Waals surface area (Å²) in [7, 11) is 0. The third-order valence-electron chi connectivity index (χ3n) is 3.96. The molecule has 1 aromatic rings. The molecule has 0 fully saturated rings. The molecule has 0 aromatic heterocycles. The summed E-state index contributed by atoms with van der Waals surface area (Å²) in [6.45, 7) is 6.00. The van der Waals surface area contributed by atoms with E-state index in [4.69, 9.17) is 9.84 Å². The molecule has 2 atom stereocenters. The molecule has 0 radical (unpaired) electrons. The van der Waals surface area contributed by atoms with Crippen LogP contribution in [0.3, 0.4) is 0 Å². The first-order chi connectivity index (χ1) is 9.82. The third-order valence-corrected chi connectivity index (χ3v) is 3.96. The highest BCUT2D eigenvalue weighted by atomic mass is 16.5. The number of ether oxygens (including phenoxy) is 1. The largest absolute Gasteiger partial charge is 0.485 e. The van der Waals surface area contributed by atoms with Crippen LogP contribution in [-0.2, 0) is 6.42 Å². The molecule has 0 bridgehead atoms. The second-order valence-corrected chi connectivity index (χ2v) is 6.08. The van der Waals surface area contributed by atoms with Gasteiger partial charge in [-0.25, -0.2) is 4.79 Å². The molecule has 0 unspecified atom stereocenters. The number of hydrogen-bond donors (Lipinski definition) is 2. The van der Waals surface area contributed by atoms with Crippen molar-refractivity contribution in [2.24, 2.45) is 0 Å². The number of aliphatic hydroxyl groups excluding tert-OH is 1. The Labute approximate surface area is 125 Å². The highest BCUT2D eigenvalue weighted by Gasteiger charge is 2.39. The maximum Gasteiger partial charge on any atom is 0.335 e. The summed E-state index contributed by atoms with van der Waals surface area (Å²) >= 11 is 0. The van der Waals surface area contributed by atoms with Gasteiger partial charge in [0.05, 0.1) is 11.7 Å². The second-order valence-electron chi connectivity index (χ2n) is 6.08. The van der Waals surface area contributed by atoms with E-state index in [0.717, 1.165) is 18.4 Å². The first-order valence-electron chi connectivity index (χ1n) is 7.18. The van der Waals surface area contributed by atoms with Crippen LogP contribution >= 0.6 is 0 Å². The molecule has 114 valence electrons. The van der Waals surface area contributed by atoms with Gasteiger partial charge in [0.25, 0.3) is 0 Å². The summed E-state index contributed by atoms with van der Waals surface area (Å²) in [5.74, 6) is -0.297. The quantitative estimate of drug-likeness (QED) is 0.836. The monoisotopic (exact) mass is 290 g/mol. The minimum Gasteiger partial charge on any atom is -0.485 e. The summed E-state index contributed by atoms with van der Waals surface area (Å²) < 4.78 is 5.98. The number of carbonyl (C=O) groups is 1. The highest BCUT2D eigenvalue weighted by Crippen LogP contribution is 2.36. The fraction of sp³-hybridized carbons (Fsp3) is 0.471. The fourth-order valence-electron chi connectivity index (χ4n) is 2.58. The molecule has 2 rings (SSSR count). The predicted molar refractivity (Wildman–Crippen MR) is 80.8 cm³/mol. The van der Waals surface area contributed by atoms with Crippen molar-refractivity contribution in [1.29, 1.82) is 0 Å². The van der Waals surface area contributed by atoms with E-state index in [1.807, 2.05) is 20.8 Å². The standard InChI is InChI=1S/C17H22O4/c1-11(2)5-4-8-17(3)15(18)10-13-9-12(16(19)20)6-7-14(13)21-17/h5-7,9,15,18H,4,8,10H2,1-3H3,(H,19,20)/t15-,17-/m0/s1. The number of aliphatic hydroxyl groups is 1. The first kappa shape index (κ1) is 15.6. The smallest absolute Gasteiger partial charge is 0.335 e. The Balaban J connectivity index is 2.19. The number of fused-ring (bicyclic) bond motifs is 1. The summed E-state index contributed by atoms with van der Waals surface area (Å²) in [6.07, 6.45) is 3.48. The van der Waals surface area contributed by atoms with Crippen molar-refractivity contribution in [3.05, 3.63) is 41.0 Å². The Kier molecular flexibility index (Phi) is 4.37. The van der Waals surface area contributed by atoms with Gasteiger partial charge in [0.1, 0.15) is 11.4 Å². The zero-order valence-electron chi connectivity index (χ0n) is 12.7. The lowest BCUT2D eigenvalue weighted by atomic mass is 9.85. The van der Waals surface area contributed by atoms with Crippen LogP contribution in [0.1, 0.15) is 49.5 Å². The fourth-order valence-corrected chi connectivity index (χ4v) is 2.58. The molecule has 0 saturated heterocycles. The molecule has 2 N–H and O–H groups in total. The van der Waals surface area contributed by atoms with Gasteiger partial charge in [0, 0.05) is 6.42 Å². The van der Waals surface area contributed by atoms with Gasteiger partial charge in [-0.15, -0.1) is 0 Å². The molecule has 0 amide bonds. The van der Waals surface area contributed by atoms with Crippen LogP contribution in [0.15, 0.2) is 29.8 Å². The van der Waals surface area contributed by atoms with Crippen molar-refractivity contribution < 1.29 is 19.7 Å². The molecule has 0 saturated carbocycles. The van der Waals surface area contributed by atoms with E-state index in [1.54, 1.807) is 12.1 Å². The molecule has 1 aromatic carbocycles. The summed E-state index contributed by atoms with van der Waals surface area (Å²) in [6, 6.07) is 4.80. The van der Waals surface area contributed by atoms with Crippen LogP contribution in [0.5, 0.6) is 5.75 Å². The van der Waals surface area contributed by atoms with E-state index in [0.29, 0.717) is 12.2 Å². The topological polar surface area (TPSA) is 66.8 Å². The van der Waals surface area contributed by atoms with Gasteiger partial charge in [-0.2, -0.15) is 0 Å². The van der Waals surface area contributed by atoms with E-state index in [1.165, 1.54) is 11.6 Å². The van der Waals surface area contributed by atoms with Gasteiger partial charge < -0.3 is 14.9 Å². The Hall–Kier alpha value is -1.81. The lowest BCUT2D eigenvalue weighted by molar-refractivity contribution is -0.0587. The molecule has 0 spiro atoms. The number of rotatable bonds is 4. The van der Waals surface area contributed by atoms with E-state index < -0.39 is 17.7 Å². The molecule has 1 aliphatic rings. The van der Waals surface area contributed by atoms with Crippen LogP contribution in [0.25, 0.3) is 0 Å². The van der Waals surface area contributed by atoms with Crippen LogP contribution < -0.4 is 4.74 Å². The lowest BCUT2D eigenvalue weighted by Gasteiger charge is -2.40. The Morgan fingerprint density at radius 3 is 2.81 bits per heavy atom. The van der Waals surface area contributed by atoms with E-state index >= 15 is 0 Å². The minimum atomic E-state index is -0.968. The first-order valence-corrected chi connectivity index (χ1v) is 7.18. The van der Waals surface area contributed by atoms with Gasteiger partial charge in [0.2, 0.25) is 0 Å². The molecule has 4 nitrogen and oxygen atoms in total. The van der Waals surface area contributed by atoms with Crippen molar-refractivity contribution >= 4 is 5.97 Å². The Bertz CT molecular complexity index is 572. The number of hydrogen-bond acceptors (Lipinski definition) is 3. The molecule has 21 heavy (non-hydrogen) atoms. The number of carboxylic acids is 1. The normalized spacial score (nSPS) is 23.9. The van der Waals surface area contributed by atoms with Gasteiger partial charge in [-0.05, 0) is 57.4 Å². The van der Waals surface area contributed by atoms with E-state index in [9.17, 15) is 9.90 Å². The molecular formula is C17H22O4. The maximum absolute atomic E-state index is 11.0. The van der Waals surface area contributed by atoms with Gasteiger partial charge in [-0.3, -0.25) is 0 Å². The molecule has 0 aliphatic carbocycles. The van der Waals surface area contributed by atoms with Crippen LogP contribution in [0, 0.1) is 0 Å². The summed E-state index contributed by atoms with van der Waals surface area (Å²) in [5.41, 5.74) is 1.58. The average molecular weight is 290 g/mol. The number of carboxylic acid groups (broad SMARTS) is 1. The third kappa shape index (κ3) is 3.45. The van der Waals surface area contributed by atoms with Gasteiger partial charge >= 0.3 is 5.97 Å². The van der Waals surface area contributed by atoms with Gasteiger partial charge in [-0.1, -0.05) is 11.6 Å². The molecule has 4 heteroatoms. The highest BCUT2D eigenvalue weighted by molar-refractivity contribution is 5.88. The van der Waals surface area contributed by atoms with Crippen LogP contribution in [0.2, 0.25) is 0 Å². The van der Waals surface area contributed by atoms with E-state index in [-0.39, 0.29) is 5.56 Å². The number of aromatic carboxylic acids is 1. The van der Waals surface area contributed by atoms with Crippen LogP contribution in [-0.4, -0.2) is 27.9 Å². The average Bonchev–Trinajstić information content (AvgIpc) is 2.39. The molecular weight excluding hydrogens is 268 g/mol. The van der Waals surface area contributed by atoms with Crippen molar-refractivity contribution in [2.45, 2.75) is 51.7 Å². The number of allylic oxidation sites excluding steroid dienone is 2. The van der Waals surface area contributed by atoms with Crippen molar-refractivity contribution in [1.82, 2.24) is 0 Å². The zero-order chi connectivity index (χ0) is 15.6. The minimum absolute atomic E-state index is 0.220. The summed E-state index contributed by atoms with van der Waals surface area (Å²) in [5, 5.41) is 19.4. The Morgan fingerprint density at radius 1 is 1.48 bits per heavy atom. The van der Waals surface area contributed by atoms with Crippen LogP contribution in [0.4, 0.5) is 0 Å². The summed E-state index contributed by atoms with van der Waals surface area (Å²) in [4.78, 5) is 11.0.